The van der Waals surface area contributed by atoms with Crippen molar-refractivity contribution in [2.24, 2.45) is 0 Å². The molecule has 150 valence electrons. The summed E-state index contributed by atoms with van der Waals surface area (Å²) in [5, 5.41) is 19.9. The van der Waals surface area contributed by atoms with Gasteiger partial charge in [-0.15, -0.1) is 0 Å². The average molecular weight is 414 g/mol. The van der Waals surface area contributed by atoms with Crippen LogP contribution in [-0.2, 0) is 0 Å². The lowest BCUT2D eigenvalue weighted by Gasteiger charge is -2.20. The SMILES string of the molecule is CC(=N)/C(C)=C1\C(=N)Sc2c(NC3CCN(c4cccc(F)c4F)C3)ncnc21. The van der Waals surface area contributed by atoms with Crippen molar-refractivity contribution in [1.29, 1.82) is 10.8 Å². The molecule has 9 heteroatoms. The van der Waals surface area contributed by atoms with Gasteiger partial charge in [0, 0.05) is 30.4 Å². The molecule has 3 heterocycles. The minimum atomic E-state index is -0.849. The third kappa shape index (κ3) is 3.50. The van der Waals surface area contributed by atoms with Gasteiger partial charge >= 0.3 is 0 Å². The standard InChI is InChI=1S/C20H20F2N6S/c1-10(11(2)23)15-17-18(29-19(15)24)20(26-9-25-17)27-12-6-7-28(8-12)14-5-3-4-13(21)16(14)22/h3-5,9,12,23-24H,6-8H2,1-2H3,(H,25,26,27)/b15-10-,23-11?,24-19?. The second kappa shape index (κ2) is 7.55. The van der Waals surface area contributed by atoms with Gasteiger partial charge in [-0.2, -0.15) is 0 Å². The lowest BCUT2D eigenvalue weighted by Crippen LogP contribution is -2.27. The molecule has 0 saturated carbocycles. The molecule has 1 aromatic carbocycles. The van der Waals surface area contributed by atoms with Crippen LogP contribution in [0.5, 0.6) is 0 Å². The second-order valence-corrected chi connectivity index (χ2v) is 8.13. The Morgan fingerprint density at radius 2 is 2.07 bits per heavy atom. The number of hydrogen-bond acceptors (Lipinski definition) is 7. The molecule has 2 aromatic rings. The van der Waals surface area contributed by atoms with E-state index >= 15 is 0 Å². The third-order valence-corrected chi connectivity index (χ3v) is 6.21. The number of rotatable bonds is 4. The summed E-state index contributed by atoms with van der Waals surface area (Å²) in [5.41, 5.74) is 2.71. The van der Waals surface area contributed by atoms with Gasteiger partial charge in [0.15, 0.2) is 11.6 Å². The first-order valence-corrected chi connectivity index (χ1v) is 10.0. The van der Waals surface area contributed by atoms with Crippen molar-refractivity contribution in [3.05, 3.63) is 47.4 Å². The first-order valence-electron chi connectivity index (χ1n) is 9.21. The van der Waals surface area contributed by atoms with Gasteiger partial charge in [0.2, 0.25) is 0 Å². The number of nitrogens with zero attached hydrogens (tertiary/aromatic N) is 3. The van der Waals surface area contributed by atoms with E-state index in [1.807, 2.05) is 11.8 Å². The van der Waals surface area contributed by atoms with Crippen LogP contribution in [0.3, 0.4) is 0 Å². The molecule has 0 amide bonds. The number of allylic oxidation sites excluding steroid dienone is 1. The zero-order valence-electron chi connectivity index (χ0n) is 16.0. The summed E-state index contributed by atoms with van der Waals surface area (Å²) in [7, 11) is 0. The molecule has 2 aliphatic rings. The molecule has 0 radical (unpaired) electrons. The van der Waals surface area contributed by atoms with E-state index in [1.54, 1.807) is 13.0 Å². The first-order chi connectivity index (χ1) is 13.9. The van der Waals surface area contributed by atoms with Gasteiger partial charge < -0.3 is 15.6 Å². The van der Waals surface area contributed by atoms with E-state index in [9.17, 15) is 8.78 Å². The Morgan fingerprint density at radius 3 is 2.83 bits per heavy atom. The summed E-state index contributed by atoms with van der Waals surface area (Å²) in [5.74, 6) is -1.05. The Balaban J connectivity index is 1.57. The Morgan fingerprint density at radius 1 is 1.28 bits per heavy atom. The van der Waals surface area contributed by atoms with Gasteiger partial charge in [0.05, 0.1) is 16.3 Å². The van der Waals surface area contributed by atoms with Crippen LogP contribution in [0, 0.1) is 22.5 Å². The third-order valence-electron chi connectivity index (χ3n) is 5.21. The summed E-state index contributed by atoms with van der Waals surface area (Å²) in [6.07, 6.45) is 2.20. The largest absolute Gasteiger partial charge is 0.367 e. The fraction of sp³-hybridized carbons (Fsp3) is 0.300. The number of halogens is 2. The van der Waals surface area contributed by atoms with E-state index in [0.717, 1.165) is 23.0 Å². The molecule has 0 bridgehead atoms. The van der Waals surface area contributed by atoms with Crippen molar-refractivity contribution in [3.63, 3.8) is 0 Å². The van der Waals surface area contributed by atoms with Gasteiger partial charge in [0.25, 0.3) is 0 Å². The zero-order chi connectivity index (χ0) is 20.7. The maximum absolute atomic E-state index is 14.1. The molecule has 29 heavy (non-hydrogen) atoms. The number of aromatic nitrogens is 2. The monoisotopic (exact) mass is 414 g/mol. The maximum Gasteiger partial charge on any atom is 0.182 e. The Bertz CT molecular complexity index is 1050. The summed E-state index contributed by atoms with van der Waals surface area (Å²) in [4.78, 5) is 11.3. The fourth-order valence-electron chi connectivity index (χ4n) is 3.57. The maximum atomic E-state index is 14.1. The van der Waals surface area contributed by atoms with Crippen molar-refractivity contribution >= 4 is 39.6 Å². The summed E-state index contributed by atoms with van der Waals surface area (Å²) >= 11 is 1.27. The summed E-state index contributed by atoms with van der Waals surface area (Å²) in [6.45, 7) is 4.63. The van der Waals surface area contributed by atoms with Crippen molar-refractivity contribution in [2.45, 2.75) is 31.2 Å². The molecule has 1 aromatic heterocycles. The van der Waals surface area contributed by atoms with Crippen molar-refractivity contribution < 1.29 is 8.78 Å². The van der Waals surface area contributed by atoms with Crippen LogP contribution in [0.25, 0.3) is 5.57 Å². The Kier molecular flexibility index (Phi) is 5.08. The zero-order valence-corrected chi connectivity index (χ0v) is 16.8. The van der Waals surface area contributed by atoms with Gasteiger partial charge in [-0.05, 0) is 38.0 Å². The van der Waals surface area contributed by atoms with Crippen molar-refractivity contribution in [3.8, 4) is 0 Å². The molecular weight excluding hydrogens is 394 g/mol. The van der Waals surface area contributed by atoms with E-state index in [4.69, 9.17) is 10.8 Å². The number of nitrogens with one attached hydrogen (secondary N) is 3. The van der Waals surface area contributed by atoms with Crippen LogP contribution in [0.1, 0.15) is 26.0 Å². The highest BCUT2D eigenvalue weighted by Gasteiger charge is 2.32. The van der Waals surface area contributed by atoms with Gasteiger partial charge in [0.1, 0.15) is 17.2 Å². The predicted molar refractivity (Wildman–Crippen MR) is 112 cm³/mol. The van der Waals surface area contributed by atoms with Crippen molar-refractivity contribution in [1.82, 2.24) is 9.97 Å². The second-order valence-electron chi connectivity index (χ2n) is 7.11. The van der Waals surface area contributed by atoms with Crippen LogP contribution in [0.15, 0.2) is 35.0 Å². The Labute approximate surface area is 171 Å². The van der Waals surface area contributed by atoms with E-state index in [2.05, 4.69) is 15.3 Å². The number of anilines is 2. The van der Waals surface area contributed by atoms with Gasteiger partial charge in [-0.3, -0.25) is 5.41 Å². The molecular formula is C20H20F2N6S. The van der Waals surface area contributed by atoms with Crippen LogP contribution >= 0.6 is 11.8 Å². The highest BCUT2D eigenvalue weighted by Crippen LogP contribution is 2.44. The average Bonchev–Trinajstić information content (AvgIpc) is 3.27. The van der Waals surface area contributed by atoms with Gasteiger partial charge in [-0.1, -0.05) is 17.8 Å². The minimum absolute atomic E-state index is 0.00468. The highest BCUT2D eigenvalue weighted by atomic mass is 32.2. The highest BCUT2D eigenvalue weighted by molar-refractivity contribution is 8.15. The quantitative estimate of drug-likeness (QED) is 0.648. The van der Waals surface area contributed by atoms with Gasteiger partial charge in [-0.25, -0.2) is 18.7 Å². The number of thioether (sulfide) groups is 1. The Hall–Kier alpha value is -2.81. The van der Waals surface area contributed by atoms with Crippen molar-refractivity contribution in [2.75, 3.05) is 23.3 Å². The fourth-order valence-corrected chi connectivity index (χ4v) is 4.59. The first kappa shape index (κ1) is 19.5. The molecule has 0 spiro atoms. The predicted octanol–water partition coefficient (Wildman–Crippen LogP) is 4.34. The van der Waals surface area contributed by atoms with Crippen LogP contribution in [0.4, 0.5) is 20.3 Å². The molecule has 2 aliphatic heterocycles. The van der Waals surface area contributed by atoms with E-state index in [0.29, 0.717) is 40.9 Å². The molecule has 1 saturated heterocycles. The van der Waals surface area contributed by atoms with E-state index < -0.39 is 11.6 Å². The molecule has 3 N–H and O–H groups in total. The summed E-state index contributed by atoms with van der Waals surface area (Å²) < 4.78 is 27.7. The van der Waals surface area contributed by atoms with E-state index in [-0.39, 0.29) is 11.7 Å². The minimum Gasteiger partial charge on any atom is -0.367 e. The molecule has 6 nitrogen and oxygen atoms in total. The molecule has 0 aliphatic carbocycles. The molecule has 4 rings (SSSR count). The topological polar surface area (TPSA) is 88.8 Å². The number of hydrogen-bond donors (Lipinski definition) is 3. The lowest BCUT2D eigenvalue weighted by molar-refractivity contribution is 0.507. The lowest BCUT2D eigenvalue weighted by atomic mass is 10.0. The number of benzene rings is 1. The molecule has 1 unspecified atom stereocenters. The normalized spacial score (nSPS) is 20.1. The van der Waals surface area contributed by atoms with Crippen LogP contribution < -0.4 is 10.2 Å². The summed E-state index contributed by atoms with van der Waals surface area (Å²) in [6, 6.07) is 4.21. The smallest absolute Gasteiger partial charge is 0.182 e. The van der Waals surface area contributed by atoms with E-state index in [1.165, 1.54) is 24.2 Å². The van der Waals surface area contributed by atoms with Crippen LogP contribution in [-0.4, -0.2) is 39.9 Å². The molecule has 1 atom stereocenters. The molecule has 1 fully saturated rings. The number of fused-ring (bicyclic) bond motifs is 1. The van der Waals surface area contributed by atoms with Crippen LogP contribution in [0.2, 0.25) is 0 Å².